The smallest absolute Gasteiger partial charge is 0.0720 e. The Morgan fingerprint density at radius 1 is 0.250 bits per heavy atom. The van der Waals surface area contributed by atoms with Gasteiger partial charge in [-0.25, -0.2) is 0 Å². The molecule has 0 aliphatic heterocycles. The highest BCUT2D eigenvalue weighted by Gasteiger charge is 2.53. The third kappa shape index (κ3) is 5.75. The minimum Gasteiger partial charge on any atom is -0.310 e. The number of nitrogens with zero attached hydrogens (tertiary/aromatic N) is 1. The molecule has 0 N–H and O–H groups in total. The van der Waals surface area contributed by atoms with E-state index in [2.05, 4.69) is 269 Å². The van der Waals surface area contributed by atoms with Crippen LogP contribution in [0.25, 0.3) is 55.6 Å². The summed E-state index contributed by atoms with van der Waals surface area (Å²) >= 11 is 0. The van der Waals surface area contributed by atoms with E-state index in [-0.39, 0.29) is 10.8 Å². The number of hydrogen-bond donors (Lipinski definition) is 0. The maximum Gasteiger partial charge on any atom is 0.0720 e. The molecule has 0 saturated carbocycles. The molecule has 3 aliphatic rings. The zero-order valence-electron chi connectivity index (χ0n) is 39.0. The van der Waals surface area contributed by atoms with Gasteiger partial charge in [0.2, 0.25) is 0 Å². The molecule has 0 fully saturated rings. The van der Waals surface area contributed by atoms with E-state index in [0.29, 0.717) is 0 Å². The normalized spacial score (nSPS) is 14.8. The lowest BCUT2D eigenvalue weighted by Crippen LogP contribution is -2.40. The number of hydrogen-bond acceptors (Lipinski definition) is 1. The van der Waals surface area contributed by atoms with E-state index in [9.17, 15) is 0 Å². The molecule has 324 valence electrons. The van der Waals surface area contributed by atoms with Crippen molar-refractivity contribution in [1.82, 2.24) is 0 Å². The van der Waals surface area contributed by atoms with Gasteiger partial charge < -0.3 is 4.90 Å². The first-order valence-electron chi connectivity index (χ1n) is 24.1. The average molecular weight is 870 g/mol. The lowest BCUT2D eigenvalue weighted by Gasteiger charge is -2.46. The summed E-state index contributed by atoms with van der Waals surface area (Å²) in [5, 5.41) is 0. The SMILES string of the molecule is CC1(C)c2ccccc2-c2ccc(N(c3ccc4c(c3)C3(c5ccccc5-4)c4ccccc4C(C)(C)c4ccccc43)c3ccc(-c4ccc(-c5ccccc5)cc4)cc3-c3ccccc3)cc21. The van der Waals surface area contributed by atoms with Gasteiger partial charge in [0.05, 0.1) is 11.1 Å². The van der Waals surface area contributed by atoms with Crippen molar-refractivity contribution in [3.63, 3.8) is 0 Å². The molecule has 0 bridgehead atoms. The van der Waals surface area contributed by atoms with Crippen molar-refractivity contribution < 1.29 is 0 Å². The molecule has 0 saturated heterocycles. The van der Waals surface area contributed by atoms with Crippen molar-refractivity contribution in [3.8, 4) is 55.6 Å². The molecule has 3 aliphatic carbocycles. The quantitative estimate of drug-likeness (QED) is 0.161. The monoisotopic (exact) mass is 869 g/mol. The predicted octanol–water partition coefficient (Wildman–Crippen LogP) is 17.5. The average Bonchev–Trinajstić information content (AvgIpc) is 3.81. The highest BCUT2D eigenvalue weighted by molar-refractivity contribution is 5.95. The van der Waals surface area contributed by atoms with E-state index in [4.69, 9.17) is 0 Å². The van der Waals surface area contributed by atoms with Crippen LogP contribution in [0.2, 0.25) is 0 Å². The molecule has 0 atom stereocenters. The third-order valence-corrected chi connectivity index (χ3v) is 15.8. The molecular formula is C67H51N. The summed E-state index contributed by atoms with van der Waals surface area (Å²) in [5.74, 6) is 0. The van der Waals surface area contributed by atoms with Crippen molar-refractivity contribution in [3.05, 3.63) is 281 Å². The molecule has 0 amide bonds. The van der Waals surface area contributed by atoms with Crippen LogP contribution in [0.4, 0.5) is 17.1 Å². The molecule has 0 unspecified atom stereocenters. The summed E-state index contributed by atoms with van der Waals surface area (Å²) in [6.45, 7) is 9.57. The van der Waals surface area contributed by atoms with E-state index in [1.54, 1.807) is 0 Å². The van der Waals surface area contributed by atoms with E-state index < -0.39 is 5.41 Å². The summed E-state index contributed by atoms with van der Waals surface area (Å²) in [5.41, 5.74) is 25.8. The first kappa shape index (κ1) is 40.3. The molecule has 10 aromatic rings. The third-order valence-electron chi connectivity index (χ3n) is 15.8. The van der Waals surface area contributed by atoms with Crippen LogP contribution in [0.3, 0.4) is 0 Å². The van der Waals surface area contributed by atoms with Crippen LogP contribution in [-0.4, -0.2) is 0 Å². The second kappa shape index (κ2) is 15.0. The van der Waals surface area contributed by atoms with Crippen LogP contribution in [0.15, 0.2) is 237 Å². The fourth-order valence-corrected chi connectivity index (χ4v) is 12.5. The Hall–Kier alpha value is -8.00. The Balaban J connectivity index is 1.07. The fourth-order valence-electron chi connectivity index (χ4n) is 12.5. The Morgan fingerprint density at radius 2 is 0.647 bits per heavy atom. The van der Waals surface area contributed by atoms with Gasteiger partial charge in [0.25, 0.3) is 0 Å². The highest BCUT2D eigenvalue weighted by Crippen LogP contribution is 2.63. The van der Waals surface area contributed by atoms with E-state index in [0.717, 1.165) is 17.1 Å². The largest absolute Gasteiger partial charge is 0.310 e. The second-order valence-electron chi connectivity index (χ2n) is 20.0. The van der Waals surface area contributed by atoms with Gasteiger partial charge in [0.1, 0.15) is 0 Å². The predicted molar refractivity (Wildman–Crippen MR) is 284 cm³/mol. The lowest BCUT2D eigenvalue weighted by molar-refractivity contribution is 0.563. The van der Waals surface area contributed by atoms with Crippen molar-refractivity contribution in [1.29, 1.82) is 0 Å². The van der Waals surface area contributed by atoms with Crippen LogP contribution in [0.1, 0.15) is 72.2 Å². The Kier molecular flexibility index (Phi) is 8.89. The fraction of sp³-hybridized carbons (Fsp3) is 0.104. The molecule has 1 nitrogen and oxygen atoms in total. The zero-order chi connectivity index (χ0) is 45.8. The maximum absolute atomic E-state index is 2.55. The van der Waals surface area contributed by atoms with Crippen molar-refractivity contribution in [2.75, 3.05) is 4.90 Å². The van der Waals surface area contributed by atoms with Crippen molar-refractivity contribution in [2.24, 2.45) is 0 Å². The van der Waals surface area contributed by atoms with Crippen LogP contribution >= 0.6 is 0 Å². The number of benzene rings is 10. The van der Waals surface area contributed by atoms with Gasteiger partial charge in [-0.15, -0.1) is 0 Å². The summed E-state index contributed by atoms with van der Waals surface area (Å²) < 4.78 is 0. The van der Waals surface area contributed by atoms with E-state index >= 15 is 0 Å². The van der Waals surface area contributed by atoms with Gasteiger partial charge in [-0.1, -0.05) is 228 Å². The molecule has 1 spiro atoms. The summed E-state index contributed by atoms with van der Waals surface area (Å²) in [6.07, 6.45) is 0. The first-order chi connectivity index (χ1) is 33.2. The van der Waals surface area contributed by atoms with Crippen LogP contribution in [0, 0.1) is 0 Å². The lowest BCUT2D eigenvalue weighted by atomic mass is 9.55. The Morgan fingerprint density at radius 3 is 1.25 bits per heavy atom. The first-order valence-corrected chi connectivity index (χ1v) is 24.1. The van der Waals surface area contributed by atoms with Gasteiger partial charge >= 0.3 is 0 Å². The van der Waals surface area contributed by atoms with Crippen LogP contribution < -0.4 is 4.90 Å². The molecule has 0 aromatic heterocycles. The standard InChI is InChI=1S/C67H51N/c1-65(2)56-25-13-11-23-51(56)53-38-36-49(42-62(53)65)68(64-40-35-48(41-55(64)47-21-9-6-10-22-47)46-33-31-45(32-34-46)44-19-7-5-8-20-44)50-37-39-54-52-24-12-14-26-57(52)67(63(54)43-50)60-29-17-15-27-58(60)66(3,4)59-28-16-18-30-61(59)67/h5-43H,1-4H3. The molecule has 0 radical (unpaired) electrons. The van der Waals surface area contributed by atoms with Crippen LogP contribution in [0.5, 0.6) is 0 Å². The minimum absolute atomic E-state index is 0.169. The molecule has 68 heavy (non-hydrogen) atoms. The van der Waals surface area contributed by atoms with E-state index in [1.807, 2.05) is 0 Å². The summed E-state index contributed by atoms with van der Waals surface area (Å²) in [6, 6.07) is 88.9. The van der Waals surface area contributed by atoms with Gasteiger partial charge in [0, 0.05) is 27.8 Å². The summed E-state index contributed by atoms with van der Waals surface area (Å²) in [4.78, 5) is 2.55. The van der Waals surface area contributed by atoms with Gasteiger partial charge in [-0.05, 0) is 131 Å². The molecule has 10 aromatic carbocycles. The maximum atomic E-state index is 2.55. The summed E-state index contributed by atoms with van der Waals surface area (Å²) in [7, 11) is 0. The number of fused-ring (bicyclic) bond motifs is 12. The molecular weight excluding hydrogens is 819 g/mol. The Bertz CT molecular complexity index is 3560. The van der Waals surface area contributed by atoms with Crippen LogP contribution in [-0.2, 0) is 16.2 Å². The molecule has 0 heterocycles. The highest BCUT2D eigenvalue weighted by atomic mass is 15.1. The molecule has 1 heteroatoms. The topological polar surface area (TPSA) is 3.24 Å². The minimum atomic E-state index is -0.518. The van der Waals surface area contributed by atoms with Gasteiger partial charge in [0.15, 0.2) is 0 Å². The van der Waals surface area contributed by atoms with Crippen molar-refractivity contribution >= 4 is 17.1 Å². The van der Waals surface area contributed by atoms with Gasteiger partial charge in [-0.2, -0.15) is 0 Å². The second-order valence-corrected chi connectivity index (χ2v) is 20.0. The number of anilines is 3. The zero-order valence-corrected chi connectivity index (χ0v) is 39.0. The van der Waals surface area contributed by atoms with Gasteiger partial charge in [-0.3, -0.25) is 0 Å². The van der Waals surface area contributed by atoms with Crippen molar-refractivity contribution in [2.45, 2.75) is 43.9 Å². The molecule has 13 rings (SSSR count). The Labute approximate surface area is 400 Å². The number of rotatable bonds is 6. The van der Waals surface area contributed by atoms with E-state index in [1.165, 1.54) is 100 Å².